The van der Waals surface area contributed by atoms with Crippen molar-refractivity contribution < 1.29 is 33.5 Å². The molecule has 3 aromatic carbocycles. The molecule has 4 heterocycles. The Morgan fingerprint density at radius 3 is 2.22 bits per heavy atom. The number of carbonyl (C=O) groups is 2. The number of benzene rings is 3. The Hall–Kier alpha value is -4.02. The minimum Gasteiger partial charge on any atom is -0.493 e. The SMILES string of the molecule is COc1ccc([C@H](Cc2c(Cl)c[nH+]cc2Cl)OC(=O)c2ccc(CN(C(=O)O[C@H]3CN4CCC3CC4)c3ccccc3Cl)cc2)cc1OC. The van der Waals surface area contributed by atoms with Crippen LogP contribution in [0.3, 0.4) is 0 Å². The molecule has 0 saturated carbocycles. The molecule has 0 radical (unpaired) electrons. The maximum Gasteiger partial charge on any atom is 0.414 e. The number of carbonyl (C=O) groups excluding carboxylic acids is 2. The highest BCUT2D eigenvalue weighted by molar-refractivity contribution is 6.35. The van der Waals surface area contributed by atoms with Crippen molar-refractivity contribution in [3.63, 3.8) is 0 Å². The summed E-state index contributed by atoms with van der Waals surface area (Å²) in [6, 6.07) is 19.4. The van der Waals surface area contributed by atoms with E-state index in [1.807, 2.05) is 12.1 Å². The van der Waals surface area contributed by atoms with E-state index in [0.29, 0.717) is 54.9 Å². The maximum absolute atomic E-state index is 13.7. The van der Waals surface area contributed by atoms with E-state index >= 15 is 0 Å². The predicted octanol–water partition coefficient (Wildman–Crippen LogP) is 7.86. The number of aromatic amines is 1. The molecule has 0 aliphatic carbocycles. The van der Waals surface area contributed by atoms with E-state index in [0.717, 1.165) is 38.0 Å². The van der Waals surface area contributed by atoms with E-state index in [9.17, 15) is 9.59 Å². The van der Waals surface area contributed by atoms with Crippen LogP contribution in [-0.4, -0.2) is 56.9 Å². The van der Waals surface area contributed by atoms with Crippen molar-refractivity contribution in [3.8, 4) is 11.5 Å². The summed E-state index contributed by atoms with van der Waals surface area (Å²) in [5.41, 5.74) is 2.94. The number of nitrogens with zero attached hydrogens (tertiary/aromatic N) is 2. The fourth-order valence-corrected chi connectivity index (χ4v) is 7.19. The van der Waals surface area contributed by atoms with Gasteiger partial charge in [-0.1, -0.05) is 65.1 Å². The molecule has 2 atom stereocenters. The second kappa shape index (κ2) is 15.7. The number of anilines is 1. The van der Waals surface area contributed by atoms with E-state index in [4.69, 9.17) is 53.8 Å². The molecule has 9 nitrogen and oxygen atoms in total. The van der Waals surface area contributed by atoms with Crippen LogP contribution in [0.25, 0.3) is 0 Å². The van der Waals surface area contributed by atoms with Crippen LogP contribution in [0.5, 0.6) is 11.5 Å². The molecule has 3 aliphatic rings. The predicted molar refractivity (Wildman–Crippen MR) is 188 cm³/mol. The highest BCUT2D eigenvalue weighted by Gasteiger charge is 2.37. The molecule has 49 heavy (non-hydrogen) atoms. The van der Waals surface area contributed by atoms with Crippen LogP contribution in [0.1, 0.15) is 46.0 Å². The standard InChI is InChI=1S/C37H36Cl3N3O6/c1-46-32-12-11-26(17-34(32)47-2)33(18-27-29(39)19-41-20-30(27)40)48-36(44)25-9-7-23(8-10-25)21-43(31-6-4-3-5-28(31)38)37(45)49-35-22-42-15-13-24(35)14-16-42/h3-12,17,19-20,24,33,35H,13-16,18,21-22H2,1-2H3/p+1/t33-,35-/m0/s1. The third-order valence-corrected chi connectivity index (χ3v) is 10.2. The van der Waals surface area contributed by atoms with E-state index in [1.54, 1.807) is 79.0 Å². The van der Waals surface area contributed by atoms with Crippen molar-refractivity contribution in [3.05, 3.63) is 116 Å². The van der Waals surface area contributed by atoms with Gasteiger partial charge in [-0.3, -0.25) is 9.80 Å². The first-order valence-electron chi connectivity index (χ1n) is 16.0. The monoisotopic (exact) mass is 724 g/mol. The van der Waals surface area contributed by atoms with Gasteiger partial charge in [0.15, 0.2) is 23.9 Å². The number of amides is 1. The molecule has 3 fully saturated rings. The van der Waals surface area contributed by atoms with Gasteiger partial charge in [-0.15, -0.1) is 0 Å². The number of piperidine rings is 3. The van der Waals surface area contributed by atoms with Crippen molar-refractivity contribution in [2.24, 2.45) is 5.92 Å². The molecule has 12 heteroatoms. The Morgan fingerprint density at radius 2 is 1.59 bits per heavy atom. The Balaban J connectivity index is 1.21. The van der Waals surface area contributed by atoms with Gasteiger partial charge in [-0.25, -0.2) is 14.6 Å². The zero-order valence-corrected chi connectivity index (χ0v) is 29.4. The van der Waals surface area contributed by atoms with Crippen LogP contribution in [0.15, 0.2) is 79.1 Å². The smallest absolute Gasteiger partial charge is 0.414 e. The van der Waals surface area contributed by atoms with Gasteiger partial charge in [0.25, 0.3) is 0 Å². The van der Waals surface area contributed by atoms with E-state index < -0.39 is 18.2 Å². The maximum atomic E-state index is 13.7. The number of aromatic nitrogens is 1. The Kier molecular flexibility index (Phi) is 11.1. The molecule has 4 aromatic rings. The average molecular weight is 726 g/mol. The van der Waals surface area contributed by atoms with Gasteiger partial charge in [-0.2, -0.15) is 0 Å². The number of ether oxygens (including phenoxy) is 4. The summed E-state index contributed by atoms with van der Waals surface area (Å²) >= 11 is 19.5. The van der Waals surface area contributed by atoms with Crippen molar-refractivity contribution in [2.45, 2.75) is 38.0 Å². The molecule has 256 valence electrons. The van der Waals surface area contributed by atoms with Crippen molar-refractivity contribution in [1.82, 2.24) is 4.90 Å². The first kappa shape index (κ1) is 34.8. The first-order chi connectivity index (χ1) is 23.7. The van der Waals surface area contributed by atoms with E-state index in [1.165, 1.54) is 7.11 Å². The number of esters is 1. The average Bonchev–Trinajstić information content (AvgIpc) is 3.12. The summed E-state index contributed by atoms with van der Waals surface area (Å²) in [5.74, 6) is 0.836. The van der Waals surface area contributed by atoms with Gasteiger partial charge in [0.05, 0.1) is 37.0 Å². The normalized spacial score (nSPS) is 18.8. The van der Waals surface area contributed by atoms with Crippen LogP contribution in [0, 0.1) is 5.92 Å². The summed E-state index contributed by atoms with van der Waals surface area (Å²) in [6.45, 7) is 3.02. The van der Waals surface area contributed by atoms with Crippen LogP contribution >= 0.6 is 34.8 Å². The number of para-hydroxylation sites is 1. The van der Waals surface area contributed by atoms with Crippen LogP contribution < -0.4 is 19.4 Å². The lowest BCUT2D eigenvalue weighted by Gasteiger charge is -2.44. The van der Waals surface area contributed by atoms with E-state index in [2.05, 4.69) is 9.88 Å². The minimum atomic E-state index is -0.763. The number of H-pyrrole nitrogens is 1. The van der Waals surface area contributed by atoms with Crippen molar-refractivity contribution >= 4 is 52.6 Å². The molecule has 0 spiro atoms. The van der Waals surface area contributed by atoms with Gasteiger partial charge in [0, 0.05) is 18.5 Å². The summed E-state index contributed by atoms with van der Waals surface area (Å²) in [5, 5.41) is 1.26. The topological polar surface area (TPSA) is 91.7 Å². The van der Waals surface area contributed by atoms with Gasteiger partial charge in [-0.05, 0) is 79.4 Å². The fraction of sp³-hybridized carbons (Fsp3) is 0.324. The quantitative estimate of drug-likeness (QED) is 0.146. The molecule has 1 N–H and O–H groups in total. The van der Waals surface area contributed by atoms with Crippen molar-refractivity contribution in [2.75, 3.05) is 38.8 Å². The summed E-state index contributed by atoms with van der Waals surface area (Å²) in [4.78, 5) is 34.1. The first-order valence-corrected chi connectivity index (χ1v) is 17.2. The zero-order chi connectivity index (χ0) is 34.5. The highest BCUT2D eigenvalue weighted by atomic mass is 35.5. The molecular formula is C37H37Cl3N3O6+. The Labute approximate surface area is 300 Å². The highest BCUT2D eigenvalue weighted by Crippen LogP contribution is 2.36. The van der Waals surface area contributed by atoms with Crippen LogP contribution in [0.4, 0.5) is 10.5 Å². The number of pyridine rings is 1. The fourth-order valence-electron chi connectivity index (χ4n) is 6.42. The van der Waals surface area contributed by atoms with Gasteiger partial charge >= 0.3 is 12.1 Å². The Morgan fingerprint density at radius 1 is 0.898 bits per heavy atom. The largest absolute Gasteiger partial charge is 0.493 e. The number of hydrogen-bond acceptors (Lipinski definition) is 7. The number of fused-ring (bicyclic) bond motifs is 3. The third kappa shape index (κ3) is 8.07. The number of halogens is 3. The van der Waals surface area contributed by atoms with Crippen LogP contribution in [0.2, 0.25) is 15.1 Å². The lowest BCUT2D eigenvalue weighted by atomic mass is 9.86. The Bertz CT molecular complexity index is 1780. The van der Waals surface area contributed by atoms with E-state index in [-0.39, 0.29) is 19.1 Å². The second-order valence-corrected chi connectivity index (χ2v) is 13.4. The lowest BCUT2D eigenvalue weighted by Crippen LogP contribution is -2.53. The molecule has 0 unspecified atom stereocenters. The number of nitrogens with one attached hydrogen (secondary N) is 1. The molecule has 3 saturated heterocycles. The number of methoxy groups -OCH3 is 2. The molecule has 1 aromatic heterocycles. The van der Waals surface area contributed by atoms with Gasteiger partial charge in [0.1, 0.15) is 22.3 Å². The molecule has 7 rings (SSSR count). The lowest BCUT2D eigenvalue weighted by molar-refractivity contribution is -0.377. The summed E-state index contributed by atoms with van der Waals surface area (Å²) in [6.07, 6.45) is 4.12. The van der Waals surface area contributed by atoms with Crippen molar-refractivity contribution in [1.29, 1.82) is 0 Å². The second-order valence-electron chi connectivity index (χ2n) is 12.1. The van der Waals surface area contributed by atoms with Gasteiger partial charge in [0.2, 0.25) is 0 Å². The number of hydrogen-bond donors (Lipinski definition) is 0. The summed E-state index contributed by atoms with van der Waals surface area (Å²) in [7, 11) is 3.09. The molecule has 2 bridgehead atoms. The molecular weight excluding hydrogens is 689 g/mol. The third-order valence-electron chi connectivity index (χ3n) is 9.16. The van der Waals surface area contributed by atoms with Gasteiger partial charge < -0.3 is 18.9 Å². The summed E-state index contributed by atoms with van der Waals surface area (Å²) < 4.78 is 23.1. The zero-order valence-electron chi connectivity index (χ0n) is 27.2. The molecule has 1 amide bonds. The minimum absolute atomic E-state index is 0.158. The van der Waals surface area contributed by atoms with Crippen LogP contribution in [-0.2, 0) is 22.4 Å². The molecule has 3 aliphatic heterocycles. The number of rotatable bonds is 11.